The van der Waals surface area contributed by atoms with Crippen molar-refractivity contribution in [1.82, 2.24) is 9.97 Å². The van der Waals surface area contributed by atoms with Crippen molar-refractivity contribution in [2.45, 2.75) is 6.54 Å². The van der Waals surface area contributed by atoms with E-state index in [1.807, 2.05) is 24.3 Å². The van der Waals surface area contributed by atoms with Crippen molar-refractivity contribution >= 4 is 23.2 Å². The fraction of sp³-hybridized carbons (Fsp3) is 0.0909. The molecule has 2 rings (SSSR count). The first-order chi connectivity index (χ1) is 7.74. The lowest BCUT2D eigenvalue weighted by Crippen LogP contribution is -2.02. The van der Waals surface area contributed by atoms with Crippen LogP contribution in [-0.4, -0.2) is 9.97 Å². The molecule has 0 bridgehead atoms. The molecule has 0 radical (unpaired) electrons. The minimum atomic E-state index is 0.414. The second kappa shape index (κ2) is 4.81. The second-order valence-electron chi connectivity index (χ2n) is 3.31. The van der Waals surface area contributed by atoms with E-state index in [9.17, 15) is 0 Å². The third kappa shape index (κ3) is 2.84. The third-order valence-electron chi connectivity index (χ3n) is 2.06. The summed E-state index contributed by atoms with van der Waals surface area (Å²) < 4.78 is 0. The summed E-state index contributed by atoms with van der Waals surface area (Å²) >= 11 is 5.79. The van der Waals surface area contributed by atoms with Crippen molar-refractivity contribution in [3.8, 4) is 0 Å². The van der Waals surface area contributed by atoms with Crippen LogP contribution in [0.25, 0.3) is 0 Å². The van der Waals surface area contributed by atoms with E-state index < -0.39 is 0 Å². The predicted molar refractivity (Wildman–Crippen MR) is 65.2 cm³/mol. The Labute approximate surface area is 98.5 Å². The number of hydrogen-bond acceptors (Lipinski definition) is 4. The minimum Gasteiger partial charge on any atom is -0.382 e. The highest BCUT2D eigenvalue weighted by atomic mass is 35.5. The summed E-state index contributed by atoms with van der Waals surface area (Å²) in [5.41, 5.74) is 6.56. The molecular formula is C11H11ClN4. The molecule has 0 atom stereocenters. The maximum atomic E-state index is 5.79. The monoisotopic (exact) mass is 234 g/mol. The fourth-order valence-corrected chi connectivity index (χ4v) is 1.35. The van der Waals surface area contributed by atoms with Gasteiger partial charge in [-0.2, -0.15) is 0 Å². The third-order valence-corrected chi connectivity index (χ3v) is 2.31. The summed E-state index contributed by atoms with van der Waals surface area (Å²) in [4.78, 5) is 8.02. The van der Waals surface area contributed by atoms with Gasteiger partial charge in [0.2, 0.25) is 0 Å². The average molecular weight is 235 g/mol. The van der Waals surface area contributed by atoms with E-state index in [0.717, 1.165) is 10.6 Å². The zero-order chi connectivity index (χ0) is 11.4. The molecule has 4 nitrogen and oxygen atoms in total. The van der Waals surface area contributed by atoms with E-state index >= 15 is 0 Å². The molecule has 5 heteroatoms. The summed E-state index contributed by atoms with van der Waals surface area (Å²) in [7, 11) is 0. The molecule has 0 unspecified atom stereocenters. The minimum absolute atomic E-state index is 0.414. The number of anilines is 2. The van der Waals surface area contributed by atoms with Crippen LogP contribution in [0, 0.1) is 0 Å². The molecule has 0 aliphatic carbocycles. The molecule has 0 aliphatic rings. The van der Waals surface area contributed by atoms with E-state index in [1.54, 1.807) is 6.20 Å². The summed E-state index contributed by atoms with van der Waals surface area (Å²) in [5, 5.41) is 3.87. The van der Waals surface area contributed by atoms with Crippen LogP contribution >= 0.6 is 11.6 Å². The highest BCUT2D eigenvalue weighted by Gasteiger charge is 1.96. The van der Waals surface area contributed by atoms with Gasteiger partial charge in [0, 0.05) is 11.6 Å². The summed E-state index contributed by atoms with van der Waals surface area (Å²) in [6, 6.07) is 7.63. The lowest BCUT2D eigenvalue weighted by Gasteiger charge is -2.05. The second-order valence-corrected chi connectivity index (χ2v) is 3.74. The number of aromatic nitrogens is 2. The number of nitrogens with zero attached hydrogens (tertiary/aromatic N) is 2. The molecule has 0 saturated carbocycles. The zero-order valence-electron chi connectivity index (χ0n) is 8.52. The molecule has 2 aromatic rings. The highest BCUT2D eigenvalue weighted by Crippen LogP contribution is 2.11. The van der Waals surface area contributed by atoms with Crippen LogP contribution in [0.3, 0.4) is 0 Å². The zero-order valence-corrected chi connectivity index (χ0v) is 9.28. The SMILES string of the molecule is Nc1cnc(NCc2ccc(Cl)cc2)cn1. The quantitative estimate of drug-likeness (QED) is 0.856. The van der Waals surface area contributed by atoms with Gasteiger partial charge < -0.3 is 11.1 Å². The van der Waals surface area contributed by atoms with Crippen LogP contribution in [0.5, 0.6) is 0 Å². The molecule has 1 heterocycles. The van der Waals surface area contributed by atoms with E-state index in [1.165, 1.54) is 6.20 Å². The standard InChI is InChI=1S/C11H11ClN4/c12-9-3-1-8(2-4-9)5-15-11-7-14-10(13)6-16-11/h1-4,6-7H,5H2,(H2,13,14)(H,15,16). The molecule has 0 amide bonds. The van der Waals surface area contributed by atoms with Gasteiger partial charge in [0.25, 0.3) is 0 Å². The van der Waals surface area contributed by atoms with Crippen LogP contribution in [0.15, 0.2) is 36.7 Å². The van der Waals surface area contributed by atoms with Gasteiger partial charge in [-0.05, 0) is 17.7 Å². The van der Waals surface area contributed by atoms with Gasteiger partial charge in [0.15, 0.2) is 0 Å². The Morgan fingerprint density at radius 2 is 1.88 bits per heavy atom. The Bertz CT molecular complexity index is 407. The van der Waals surface area contributed by atoms with Gasteiger partial charge in [0.1, 0.15) is 11.6 Å². The van der Waals surface area contributed by atoms with Gasteiger partial charge in [-0.15, -0.1) is 0 Å². The first-order valence-electron chi connectivity index (χ1n) is 4.80. The maximum absolute atomic E-state index is 5.79. The fourth-order valence-electron chi connectivity index (χ4n) is 1.22. The molecule has 1 aromatic heterocycles. The van der Waals surface area contributed by atoms with Crippen molar-refractivity contribution in [2.75, 3.05) is 11.1 Å². The van der Waals surface area contributed by atoms with E-state index in [-0.39, 0.29) is 0 Å². The van der Waals surface area contributed by atoms with E-state index in [0.29, 0.717) is 18.2 Å². The van der Waals surface area contributed by atoms with E-state index in [2.05, 4.69) is 15.3 Å². The number of nitrogens with one attached hydrogen (secondary N) is 1. The Kier molecular flexibility index (Phi) is 3.22. The summed E-state index contributed by atoms with van der Waals surface area (Å²) in [5.74, 6) is 1.11. The normalized spacial score (nSPS) is 10.1. The van der Waals surface area contributed by atoms with Gasteiger partial charge in [0.05, 0.1) is 12.4 Å². The van der Waals surface area contributed by atoms with Crippen molar-refractivity contribution < 1.29 is 0 Å². The van der Waals surface area contributed by atoms with Crippen molar-refractivity contribution in [3.05, 3.63) is 47.2 Å². The van der Waals surface area contributed by atoms with Gasteiger partial charge >= 0.3 is 0 Å². The number of nitrogens with two attached hydrogens (primary N) is 1. The molecule has 16 heavy (non-hydrogen) atoms. The molecule has 0 saturated heterocycles. The number of halogens is 1. The smallest absolute Gasteiger partial charge is 0.144 e. The van der Waals surface area contributed by atoms with Crippen LogP contribution in [0.1, 0.15) is 5.56 Å². The molecule has 0 spiro atoms. The Morgan fingerprint density at radius 3 is 2.50 bits per heavy atom. The molecular weight excluding hydrogens is 224 g/mol. The maximum Gasteiger partial charge on any atom is 0.144 e. The summed E-state index contributed by atoms with van der Waals surface area (Å²) in [6.45, 7) is 0.676. The summed E-state index contributed by atoms with van der Waals surface area (Å²) in [6.07, 6.45) is 3.12. The molecule has 1 aromatic carbocycles. The number of rotatable bonds is 3. The number of nitrogen functional groups attached to an aromatic ring is 1. The highest BCUT2D eigenvalue weighted by molar-refractivity contribution is 6.30. The molecule has 3 N–H and O–H groups in total. The van der Waals surface area contributed by atoms with Gasteiger partial charge in [-0.1, -0.05) is 23.7 Å². The molecule has 82 valence electrons. The van der Waals surface area contributed by atoms with Crippen LogP contribution < -0.4 is 11.1 Å². The van der Waals surface area contributed by atoms with Gasteiger partial charge in [-0.25, -0.2) is 9.97 Å². The predicted octanol–water partition coefficient (Wildman–Crippen LogP) is 2.32. The van der Waals surface area contributed by atoms with E-state index in [4.69, 9.17) is 17.3 Å². The lowest BCUT2D eigenvalue weighted by molar-refractivity contribution is 1.09. The Balaban J connectivity index is 1.97. The van der Waals surface area contributed by atoms with Gasteiger partial charge in [-0.3, -0.25) is 0 Å². The Morgan fingerprint density at radius 1 is 1.12 bits per heavy atom. The van der Waals surface area contributed by atoms with Crippen molar-refractivity contribution in [1.29, 1.82) is 0 Å². The topological polar surface area (TPSA) is 63.8 Å². The average Bonchev–Trinajstić information content (AvgIpc) is 2.30. The van der Waals surface area contributed by atoms with Crippen molar-refractivity contribution in [3.63, 3.8) is 0 Å². The Hall–Kier alpha value is -1.81. The first-order valence-corrected chi connectivity index (χ1v) is 5.18. The first kappa shape index (κ1) is 10.7. The number of benzene rings is 1. The number of hydrogen-bond donors (Lipinski definition) is 2. The van der Waals surface area contributed by atoms with Crippen LogP contribution in [0.4, 0.5) is 11.6 Å². The van der Waals surface area contributed by atoms with Crippen LogP contribution in [-0.2, 0) is 6.54 Å². The largest absolute Gasteiger partial charge is 0.382 e. The van der Waals surface area contributed by atoms with Crippen LogP contribution in [0.2, 0.25) is 5.02 Å². The molecule has 0 aliphatic heterocycles. The lowest BCUT2D eigenvalue weighted by atomic mass is 10.2. The molecule has 0 fully saturated rings. The van der Waals surface area contributed by atoms with Crippen molar-refractivity contribution in [2.24, 2.45) is 0 Å².